The van der Waals surface area contributed by atoms with Crippen LogP contribution in [0.15, 0.2) is 220 Å². The van der Waals surface area contributed by atoms with Crippen molar-refractivity contribution in [2.45, 2.75) is 0 Å². The van der Waals surface area contributed by atoms with E-state index in [2.05, 4.69) is 174 Å². The van der Waals surface area contributed by atoms with Gasteiger partial charge in [-0.2, -0.15) is 0 Å². The summed E-state index contributed by atoms with van der Waals surface area (Å²) >= 11 is 0. The van der Waals surface area contributed by atoms with Gasteiger partial charge in [0, 0.05) is 129 Å². The lowest BCUT2D eigenvalue weighted by Crippen LogP contribution is -2.16. The van der Waals surface area contributed by atoms with Gasteiger partial charge in [0.1, 0.15) is 0 Å². The van der Waals surface area contributed by atoms with Crippen molar-refractivity contribution in [3.63, 3.8) is 0 Å². The highest BCUT2D eigenvalue weighted by Crippen LogP contribution is 2.54. The second-order valence-corrected chi connectivity index (χ2v) is 17.6. The molecule has 10 aromatic heterocycles. The van der Waals surface area contributed by atoms with E-state index in [1.165, 1.54) is 0 Å². The third-order valence-electron chi connectivity index (χ3n) is 14.1. The van der Waals surface area contributed by atoms with Crippen molar-refractivity contribution >= 4 is 87.2 Å². The van der Waals surface area contributed by atoms with Crippen molar-refractivity contribution in [2.24, 2.45) is 0 Å². The maximum Gasteiger partial charge on any atom is 0.0811 e. The van der Waals surface area contributed by atoms with E-state index in [0.717, 1.165) is 132 Å². The Kier molecular flexibility index (Phi) is 8.13. The van der Waals surface area contributed by atoms with Crippen molar-refractivity contribution in [1.82, 2.24) is 48.2 Å². The number of para-hydroxylation sites is 4. The second-order valence-electron chi connectivity index (χ2n) is 17.6. The van der Waals surface area contributed by atoms with E-state index in [4.69, 9.17) is 19.9 Å². The molecule has 0 saturated heterocycles. The van der Waals surface area contributed by atoms with E-state index in [1.807, 2.05) is 74.4 Å². The molecule has 10 heteroatoms. The molecule has 15 rings (SSSR count). The predicted molar refractivity (Wildman–Crippen MR) is 281 cm³/mol. The normalized spacial score (nSPS) is 12.0. The molecule has 0 aliphatic rings. The Bertz CT molecular complexity index is 3840. The minimum atomic E-state index is 0.969. The van der Waals surface area contributed by atoms with Gasteiger partial charge in [0.15, 0.2) is 0 Å². The van der Waals surface area contributed by atoms with Gasteiger partial charge in [-0.05, 0) is 83.9 Å². The maximum atomic E-state index is 4.74. The summed E-state index contributed by atoms with van der Waals surface area (Å²) in [7, 11) is 0. The molecule has 5 aromatic carbocycles. The van der Waals surface area contributed by atoms with E-state index < -0.39 is 0 Å². The molecule has 0 radical (unpaired) electrons. The zero-order chi connectivity index (χ0) is 45.9. The van der Waals surface area contributed by atoms with Gasteiger partial charge >= 0.3 is 0 Å². The zero-order valence-corrected chi connectivity index (χ0v) is 37.3. The maximum absolute atomic E-state index is 4.74. The van der Waals surface area contributed by atoms with E-state index in [9.17, 15) is 0 Å². The van der Waals surface area contributed by atoms with Crippen LogP contribution in [0.1, 0.15) is 0 Å². The molecule has 70 heavy (non-hydrogen) atoms. The summed E-state index contributed by atoms with van der Waals surface area (Å²) in [6.07, 6.45) is 23.2. The quantitative estimate of drug-likeness (QED) is 0.165. The summed E-state index contributed by atoms with van der Waals surface area (Å²) in [5.74, 6) is 0. The van der Waals surface area contributed by atoms with Gasteiger partial charge in [-0.25, -0.2) is 0 Å². The highest BCUT2D eigenvalue weighted by atomic mass is 15.1. The molecular formula is C60H36N10. The SMILES string of the molecule is c1ccc2c(c1)c1cnccc1n2-c1c(-c2ccncc2)c(-n2c3ccccc3c3cnccc32)c(-n2c3ccccc3c3cnccc32)c(-c2ccncc2)c1-n1c2ccccc2c2cnccc21. The van der Waals surface area contributed by atoms with Crippen molar-refractivity contribution in [3.05, 3.63) is 220 Å². The van der Waals surface area contributed by atoms with Crippen molar-refractivity contribution in [1.29, 1.82) is 0 Å². The first kappa shape index (κ1) is 38.3. The molecule has 10 heterocycles. The Morgan fingerprint density at radius 2 is 0.443 bits per heavy atom. The summed E-state index contributed by atoms with van der Waals surface area (Å²) < 4.78 is 9.90. The number of nitrogens with zero attached hydrogens (tertiary/aromatic N) is 10. The van der Waals surface area contributed by atoms with Crippen LogP contribution in [-0.2, 0) is 0 Å². The number of rotatable bonds is 6. The topological polar surface area (TPSA) is 97.1 Å². The lowest BCUT2D eigenvalue weighted by atomic mass is 9.90. The first-order valence-electron chi connectivity index (χ1n) is 23.2. The molecule has 0 saturated carbocycles. The number of pyridine rings is 6. The number of hydrogen-bond donors (Lipinski definition) is 0. The summed E-state index contributed by atoms with van der Waals surface area (Å²) in [6.45, 7) is 0. The molecule has 10 nitrogen and oxygen atoms in total. The number of hydrogen-bond acceptors (Lipinski definition) is 6. The summed E-state index contributed by atoms with van der Waals surface area (Å²) in [5, 5.41) is 8.57. The van der Waals surface area contributed by atoms with E-state index >= 15 is 0 Å². The van der Waals surface area contributed by atoms with Crippen LogP contribution < -0.4 is 0 Å². The van der Waals surface area contributed by atoms with Crippen LogP contribution in [-0.4, -0.2) is 48.2 Å². The number of benzene rings is 5. The minimum absolute atomic E-state index is 0.969. The molecular weight excluding hydrogens is 861 g/mol. The molecule has 0 fully saturated rings. The minimum Gasteiger partial charge on any atom is -0.306 e. The van der Waals surface area contributed by atoms with Crippen LogP contribution in [0, 0.1) is 0 Å². The van der Waals surface area contributed by atoms with Gasteiger partial charge in [0.2, 0.25) is 0 Å². The van der Waals surface area contributed by atoms with Gasteiger partial charge in [0.25, 0.3) is 0 Å². The number of aromatic nitrogens is 10. The van der Waals surface area contributed by atoms with Gasteiger partial charge in [0.05, 0.1) is 66.9 Å². The van der Waals surface area contributed by atoms with E-state index in [1.54, 1.807) is 0 Å². The Labute approximate surface area is 398 Å². The predicted octanol–water partition coefficient (Wildman–Crippen LogP) is 13.8. The Morgan fingerprint density at radius 3 is 0.714 bits per heavy atom. The largest absolute Gasteiger partial charge is 0.306 e. The van der Waals surface area contributed by atoms with Crippen molar-refractivity contribution in [3.8, 4) is 45.0 Å². The van der Waals surface area contributed by atoms with Gasteiger partial charge in [-0.15, -0.1) is 0 Å². The summed E-state index contributed by atoms with van der Waals surface area (Å²) in [4.78, 5) is 28.3. The Morgan fingerprint density at radius 1 is 0.214 bits per heavy atom. The highest BCUT2D eigenvalue weighted by Gasteiger charge is 2.35. The molecule has 15 aromatic rings. The lowest BCUT2D eigenvalue weighted by Gasteiger charge is -2.31. The third kappa shape index (κ3) is 5.26. The second kappa shape index (κ2) is 14.9. The average Bonchev–Trinajstić information content (AvgIpc) is 4.16. The molecule has 0 aliphatic heterocycles. The van der Waals surface area contributed by atoms with E-state index in [0.29, 0.717) is 0 Å². The van der Waals surface area contributed by atoms with Crippen LogP contribution in [0.2, 0.25) is 0 Å². The fourth-order valence-electron chi connectivity index (χ4n) is 11.4. The Hall–Kier alpha value is -9.80. The van der Waals surface area contributed by atoms with Crippen LogP contribution in [0.4, 0.5) is 0 Å². The van der Waals surface area contributed by atoms with Crippen LogP contribution in [0.25, 0.3) is 132 Å². The zero-order valence-electron chi connectivity index (χ0n) is 37.3. The molecule has 0 amide bonds. The summed E-state index contributed by atoms with van der Waals surface area (Å²) in [5.41, 5.74) is 16.0. The smallest absolute Gasteiger partial charge is 0.0811 e. The highest BCUT2D eigenvalue weighted by molar-refractivity contribution is 6.18. The van der Waals surface area contributed by atoms with Gasteiger partial charge in [-0.3, -0.25) is 29.9 Å². The molecule has 0 unspecified atom stereocenters. The first-order valence-corrected chi connectivity index (χ1v) is 23.2. The van der Waals surface area contributed by atoms with Crippen molar-refractivity contribution < 1.29 is 0 Å². The molecule has 326 valence electrons. The summed E-state index contributed by atoms with van der Waals surface area (Å²) in [6, 6.07) is 52.0. The molecule has 0 N–H and O–H groups in total. The molecule has 0 atom stereocenters. The molecule has 0 bridgehead atoms. The fraction of sp³-hybridized carbons (Fsp3) is 0. The standard InChI is InChI=1S/C60H36N10/c1-5-13-47-39(9-1)43-33-63-29-21-51(43)67(47)57-55(37-17-25-61-26-18-37)59(69-49-15-7-3-11-41(49)45-35-65-31-23-53(45)69)60(70-50-16-8-4-12-42(50)46-36-66-32-24-54(46)70)56(38-19-27-62-28-20-38)58(57)68-48-14-6-2-10-40(48)44-34-64-30-22-52(44)68/h1-36H. The van der Waals surface area contributed by atoms with Gasteiger partial charge in [-0.1, -0.05) is 72.8 Å². The van der Waals surface area contributed by atoms with Crippen molar-refractivity contribution in [2.75, 3.05) is 0 Å². The monoisotopic (exact) mass is 896 g/mol. The van der Waals surface area contributed by atoms with Gasteiger partial charge < -0.3 is 18.3 Å². The molecule has 0 aliphatic carbocycles. The van der Waals surface area contributed by atoms with Crippen LogP contribution in [0.5, 0.6) is 0 Å². The average molecular weight is 897 g/mol. The third-order valence-corrected chi connectivity index (χ3v) is 14.1. The first-order chi connectivity index (χ1) is 34.8. The van der Waals surface area contributed by atoms with E-state index in [-0.39, 0.29) is 0 Å². The molecule has 0 spiro atoms. The fourth-order valence-corrected chi connectivity index (χ4v) is 11.4. The van der Waals surface area contributed by atoms with Crippen LogP contribution >= 0.6 is 0 Å². The Balaban J connectivity index is 1.35. The number of fused-ring (bicyclic) bond motifs is 12. The lowest BCUT2D eigenvalue weighted by molar-refractivity contribution is 1.05. The van der Waals surface area contributed by atoms with Crippen LogP contribution in [0.3, 0.4) is 0 Å².